The van der Waals surface area contributed by atoms with E-state index in [2.05, 4.69) is 15.7 Å². The minimum atomic E-state index is -0.793. The number of hydrogen-bond acceptors (Lipinski definition) is 7. The van der Waals surface area contributed by atoms with Crippen molar-refractivity contribution in [3.8, 4) is 0 Å². The van der Waals surface area contributed by atoms with Gasteiger partial charge in [0.25, 0.3) is 0 Å². The summed E-state index contributed by atoms with van der Waals surface area (Å²) in [4.78, 5) is 40.2. The van der Waals surface area contributed by atoms with Crippen LogP contribution in [0.25, 0.3) is 10.8 Å². The zero-order chi connectivity index (χ0) is 24.7. The molecule has 3 aromatic rings. The van der Waals surface area contributed by atoms with Crippen LogP contribution in [0.3, 0.4) is 0 Å². The van der Waals surface area contributed by atoms with Crippen LogP contribution in [-0.2, 0) is 20.8 Å². The van der Waals surface area contributed by atoms with Gasteiger partial charge in [-0.15, -0.1) is 0 Å². The highest BCUT2D eigenvalue weighted by Crippen LogP contribution is 2.22. The van der Waals surface area contributed by atoms with Crippen LogP contribution in [0.1, 0.15) is 22.8 Å². The molecule has 0 fully saturated rings. The zero-order valence-corrected chi connectivity index (χ0v) is 19.2. The minimum absolute atomic E-state index is 0.0348. The summed E-state index contributed by atoms with van der Waals surface area (Å²) in [6, 6.07) is 11.0. The van der Waals surface area contributed by atoms with E-state index in [0.717, 1.165) is 0 Å². The molecule has 0 aliphatic rings. The van der Waals surface area contributed by atoms with Crippen molar-refractivity contribution >= 4 is 46.2 Å². The van der Waals surface area contributed by atoms with Crippen LogP contribution in [-0.4, -0.2) is 48.2 Å². The highest BCUT2D eigenvalue weighted by molar-refractivity contribution is 6.31. The van der Waals surface area contributed by atoms with Crippen LogP contribution < -0.4 is 10.7 Å². The summed E-state index contributed by atoms with van der Waals surface area (Å²) < 4.78 is 23.5. The number of esters is 1. The first-order valence-corrected chi connectivity index (χ1v) is 10.5. The van der Waals surface area contributed by atoms with Crippen LogP contribution in [0.5, 0.6) is 0 Å². The molecule has 34 heavy (non-hydrogen) atoms. The SMILES string of the molecule is COC(=O)c1cccc2cnc(NC(=O)OCCN(NCc3cccc(F)c3Cl)C(C)=O)cc12. The Morgan fingerprint density at radius 3 is 2.68 bits per heavy atom. The first-order chi connectivity index (χ1) is 16.3. The number of aromatic nitrogens is 1. The Labute approximate surface area is 199 Å². The average molecular weight is 489 g/mol. The number of hydrogen-bond donors (Lipinski definition) is 2. The van der Waals surface area contributed by atoms with E-state index in [0.29, 0.717) is 21.9 Å². The molecule has 9 nitrogen and oxygen atoms in total. The second kappa shape index (κ2) is 11.4. The van der Waals surface area contributed by atoms with Gasteiger partial charge in [0.1, 0.15) is 18.2 Å². The Hall–Kier alpha value is -3.76. The van der Waals surface area contributed by atoms with E-state index in [-0.39, 0.29) is 36.4 Å². The van der Waals surface area contributed by atoms with Crippen LogP contribution in [0.15, 0.2) is 48.7 Å². The average Bonchev–Trinajstić information content (AvgIpc) is 2.82. The molecule has 0 saturated carbocycles. The van der Waals surface area contributed by atoms with E-state index in [1.54, 1.807) is 24.3 Å². The number of nitrogens with one attached hydrogen (secondary N) is 2. The highest BCUT2D eigenvalue weighted by Gasteiger charge is 2.14. The van der Waals surface area contributed by atoms with E-state index in [4.69, 9.17) is 21.1 Å². The third kappa shape index (κ3) is 6.18. The van der Waals surface area contributed by atoms with E-state index < -0.39 is 17.9 Å². The number of methoxy groups -OCH3 is 1. The number of carbonyl (C=O) groups excluding carboxylic acids is 3. The van der Waals surface area contributed by atoms with E-state index >= 15 is 0 Å². The van der Waals surface area contributed by atoms with Crippen LogP contribution in [0, 0.1) is 5.82 Å². The van der Waals surface area contributed by atoms with Gasteiger partial charge in [-0.3, -0.25) is 15.1 Å². The number of benzene rings is 2. The number of rotatable bonds is 8. The number of halogens is 2. The van der Waals surface area contributed by atoms with E-state index in [1.807, 2.05) is 0 Å². The standard InChI is InChI=1S/C23H22ClFN4O5/c1-14(30)29(27-13-16-6-4-8-19(25)21(16)24)9-10-34-23(32)28-20-11-18-15(12-26-20)5-3-7-17(18)22(31)33-2/h3-8,11-12,27H,9-10,13H2,1-2H3,(H,26,28,32). The topological polar surface area (TPSA) is 110 Å². The molecule has 2 N–H and O–H groups in total. The molecule has 2 amide bonds. The van der Waals surface area contributed by atoms with Gasteiger partial charge in [0.15, 0.2) is 0 Å². The number of hydrazine groups is 1. The fourth-order valence-electron chi connectivity index (χ4n) is 3.11. The van der Waals surface area contributed by atoms with Gasteiger partial charge >= 0.3 is 12.1 Å². The van der Waals surface area contributed by atoms with E-state index in [9.17, 15) is 18.8 Å². The van der Waals surface area contributed by atoms with Gasteiger partial charge in [-0.2, -0.15) is 0 Å². The first-order valence-electron chi connectivity index (χ1n) is 10.2. The maximum absolute atomic E-state index is 13.6. The summed E-state index contributed by atoms with van der Waals surface area (Å²) >= 11 is 5.92. The molecule has 0 radical (unpaired) electrons. The molecule has 0 atom stereocenters. The molecule has 1 heterocycles. The van der Waals surface area contributed by atoms with Crippen molar-refractivity contribution in [3.63, 3.8) is 0 Å². The van der Waals surface area contributed by atoms with Crippen molar-refractivity contribution in [3.05, 3.63) is 70.6 Å². The zero-order valence-electron chi connectivity index (χ0n) is 18.4. The number of nitrogens with zero attached hydrogens (tertiary/aromatic N) is 2. The van der Waals surface area contributed by atoms with Gasteiger partial charge in [0.2, 0.25) is 5.91 Å². The summed E-state index contributed by atoms with van der Waals surface area (Å²) in [5.74, 6) is -1.22. The number of pyridine rings is 1. The van der Waals surface area contributed by atoms with Crippen LogP contribution >= 0.6 is 11.6 Å². The summed E-state index contributed by atoms with van der Waals surface area (Å²) in [7, 11) is 1.28. The number of carbonyl (C=O) groups is 3. The smallest absolute Gasteiger partial charge is 0.412 e. The predicted octanol–water partition coefficient (Wildman–Crippen LogP) is 3.92. The molecule has 0 saturated heterocycles. The molecule has 0 bridgehead atoms. The van der Waals surface area contributed by atoms with Gasteiger partial charge < -0.3 is 9.47 Å². The van der Waals surface area contributed by atoms with Gasteiger partial charge in [-0.05, 0) is 23.8 Å². The lowest BCUT2D eigenvalue weighted by molar-refractivity contribution is -0.132. The normalized spacial score (nSPS) is 10.6. The molecule has 0 spiro atoms. The molecule has 11 heteroatoms. The second-order valence-corrected chi connectivity index (χ2v) is 7.45. The maximum Gasteiger partial charge on any atom is 0.412 e. The Morgan fingerprint density at radius 1 is 1.18 bits per heavy atom. The van der Waals surface area contributed by atoms with Gasteiger partial charge in [0, 0.05) is 30.4 Å². The van der Waals surface area contributed by atoms with Crippen LogP contribution in [0.4, 0.5) is 15.0 Å². The molecule has 0 aliphatic carbocycles. The molecule has 0 aliphatic heterocycles. The maximum atomic E-state index is 13.6. The van der Waals surface area contributed by atoms with Crippen molar-refractivity contribution in [1.29, 1.82) is 0 Å². The molecular formula is C23H22ClFN4O5. The van der Waals surface area contributed by atoms with Crippen molar-refractivity contribution in [2.24, 2.45) is 0 Å². The van der Waals surface area contributed by atoms with Crippen LogP contribution in [0.2, 0.25) is 5.02 Å². The van der Waals surface area contributed by atoms with Crippen molar-refractivity contribution in [2.75, 3.05) is 25.6 Å². The number of fused-ring (bicyclic) bond motifs is 1. The number of amides is 2. The third-order valence-electron chi connectivity index (χ3n) is 4.82. The fraction of sp³-hybridized carbons (Fsp3) is 0.217. The lowest BCUT2D eigenvalue weighted by Crippen LogP contribution is -2.43. The lowest BCUT2D eigenvalue weighted by Gasteiger charge is -2.22. The van der Waals surface area contributed by atoms with Gasteiger partial charge in [-0.1, -0.05) is 35.9 Å². The molecular weight excluding hydrogens is 467 g/mol. The minimum Gasteiger partial charge on any atom is -0.465 e. The molecule has 1 aromatic heterocycles. The molecule has 0 unspecified atom stereocenters. The molecule has 178 valence electrons. The third-order valence-corrected chi connectivity index (χ3v) is 5.24. The fourth-order valence-corrected chi connectivity index (χ4v) is 3.30. The van der Waals surface area contributed by atoms with Crippen molar-refractivity contribution in [2.45, 2.75) is 13.5 Å². The van der Waals surface area contributed by atoms with Crippen molar-refractivity contribution in [1.82, 2.24) is 15.4 Å². The lowest BCUT2D eigenvalue weighted by atomic mass is 10.1. The number of ether oxygens (including phenoxy) is 2. The largest absolute Gasteiger partial charge is 0.465 e. The Morgan fingerprint density at radius 2 is 1.94 bits per heavy atom. The number of anilines is 1. The quantitative estimate of drug-likeness (QED) is 0.365. The molecule has 3 rings (SSSR count). The monoisotopic (exact) mass is 488 g/mol. The van der Waals surface area contributed by atoms with Gasteiger partial charge in [-0.25, -0.2) is 24.4 Å². The second-order valence-electron chi connectivity index (χ2n) is 7.07. The summed E-state index contributed by atoms with van der Waals surface area (Å²) in [5.41, 5.74) is 3.64. The van der Waals surface area contributed by atoms with Crippen molar-refractivity contribution < 1.29 is 28.2 Å². The van der Waals surface area contributed by atoms with E-state index in [1.165, 1.54) is 43.4 Å². The predicted molar refractivity (Wildman–Crippen MR) is 124 cm³/mol. The Balaban J connectivity index is 1.56. The Kier molecular flexibility index (Phi) is 8.34. The summed E-state index contributed by atoms with van der Waals surface area (Å²) in [6.45, 7) is 1.34. The van der Waals surface area contributed by atoms with Gasteiger partial charge in [0.05, 0.1) is 24.2 Å². The first kappa shape index (κ1) is 24.9. The Bertz CT molecular complexity index is 1220. The summed E-state index contributed by atoms with van der Waals surface area (Å²) in [6.07, 6.45) is 0.718. The summed E-state index contributed by atoms with van der Waals surface area (Å²) in [5, 5.41) is 4.93. The highest BCUT2D eigenvalue weighted by atomic mass is 35.5. The molecule has 2 aromatic carbocycles.